The van der Waals surface area contributed by atoms with Gasteiger partial charge in [-0.3, -0.25) is 4.72 Å². The van der Waals surface area contributed by atoms with E-state index in [-0.39, 0.29) is 23.1 Å². The summed E-state index contributed by atoms with van der Waals surface area (Å²) in [7, 11) is -4.06. The highest BCUT2D eigenvalue weighted by atomic mass is 32.2. The summed E-state index contributed by atoms with van der Waals surface area (Å²) < 4.78 is 38.2. The lowest BCUT2D eigenvalue weighted by Gasteiger charge is -2.13. The van der Waals surface area contributed by atoms with E-state index in [1.54, 1.807) is 36.4 Å². The molecule has 4 aromatic rings. The highest BCUT2D eigenvalue weighted by molar-refractivity contribution is 7.96. The molecule has 0 aliphatic heterocycles. The molecule has 0 fully saturated rings. The monoisotopic (exact) mass is 485 g/mol. The van der Waals surface area contributed by atoms with Crippen molar-refractivity contribution in [3.8, 4) is 40.3 Å². The first kappa shape index (κ1) is 23.3. The molecule has 0 bridgehead atoms. The van der Waals surface area contributed by atoms with Crippen LogP contribution in [-0.2, 0) is 10.0 Å². The number of benzene rings is 3. The van der Waals surface area contributed by atoms with Crippen LogP contribution in [-0.4, -0.2) is 18.4 Å². The third-order valence-corrected chi connectivity index (χ3v) is 5.96. The number of hydrogen-bond acceptors (Lipinski definition) is 8. The summed E-state index contributed by atoms with van der Waals surface area (Å²) in [5, 5.41) is 8.83. The summed E-state index contributed by atoms with van der Waals surface area (Å²) in [4.78, 5) is 7.67. The molecule has 0 radical (unpaired) electrons. The number of allylic oxidation sites excluding steroid dienone is 1. The Kier molecular flexibility index (Phi) is 6.62. The Morgan fingerprint density at radius 2 is 1.60 bits per heavy atom. The zero-order valence-corrected chi connectivity index (χ0v) is 19.1. The van der Waals surface area contributed by atoms with Crippen LogP contribution in [0.5, 0.6) is 23.1 Å². The third kappa shape index (κ3) is 5.55. The summed E-state index contributed by atoms with van der Waals surface area (Å²) in [6.45, 7) is 3.23. The maximum Gasteiger partial charge on any atom is 0.271 e. The molecule has 1 heterocycles. The molecule has 3 N–H and O–H groups in total. The van der Waals surface area contributed by atoms with Crippen LogP contribution in [0.2, 0.25) is 0 Å². The van der Waals surface area contributed by atoms with Gasteiger partial charge in [0.05, 0.1) is 11.3 Å². The number of ether oxygens (including phenoxy) is 2. The van der Waals surface area contributed by atoms with E-state index >= 15 is 0 Å². The molecule has 0 aliphatic rings. The van der Waals surface area contributed by atoms with Crippen LogP contribution < -0.4 is 19.9 Å². The molecule has 3 aromatic carbocycles. The van der Waals surface area contributed by atoms with Gasteiger partial charge < -0.3 is 15.2 Å². The molecule has 9 nitrogen and oxygen atoms in total. The number of rotatable bonds is 8. The first-order chi connectivity index (χ1) is 16.9. The SMILES string of the molecule is C=C(C#N)S(=O)(=O)Nc1cccc(Oc2ncnc(N)c2-c2ccc(Oc3ccccc3)cc2)c1. The van der Waals surface area contributed by atoms with Crippen LogP contribution in [0, 0.1) is 11.3 Å². The maximum absolute atomic E-state index is 12.1. The Bertz CT molecular complexity index is 1520. The highest BCUT2D eigenvalue weighted by Crippen LogP contribution is 2.36. The minimum atomic E-state index is -4.06. The predicted octanol–water partition coefficient (Wildman–Crippen LogP) is 5.09. The molecule has 10 heteroatoms. The summed E-state index contributed by atoms with van der Waals surface area (Å²) in [5.74, 6) is 2.01. The fourth-order valence-electron chi connectivity index (χ4n) is 3.06. The van der Waals surface area contributed by atoms with E-state index in [1.807, 2.05) is 30.3 Å². The highest BCUT2D eigenvalue weighted by Gasteiger charge is 2.17. The van der Waals surface area contributed by atoms with E-state index in [0.717, 1.165) is 0 Å². The van der Waals surface area contributed by atoms with Crippen LogP contribution in [0.15, 0.2) is 96.7 Å². The predicted molar refractivity (Wildman–Crippen MR) is 132 cm³/mol. The Labute approximate surface area is 202 Å². The minimum Gasteiger partial charge on any atom is -0.457 e. The number of hydrogen-bond donors (Lipinski definition) is 2. The van der Waals surface area contributed by atoms with Crippen molar-refractivity contribution in [2.75, 3.05) is 10.5 Å². The molecule has 0 aliphatic carbocycles. The van der Waals surface area contributed by atoms with Gasteiger partial charge in [-0.2, -0.15) is 5.26 Å². The summed E-state index contributed by atoms with van der Waals surface area (Å²) in [6, 6.07) is 24.2. The molecule has 174 valence electrons. The van der Waals surface area contributed by atoms with E-state index in [0.29, 0.717) is 22.6 Å². The van der Waals surface area contributed by atoms with Gasteiger partial charge in [0.15, 0.2) is 4.91 Å². The van der Waals surface area contributed by atoms with Crippen LogP contribution in [0.25, 0.3) is 11.1 Å². The molecular weight excluding hydrogens is 466 g/mol. The van der Waals surface area contributed by atoms with Gasteiger partial charge in [-0.1, -0.05) is 43.0 Å². The zero-order chi connectivity index (χ0) is 24.8. The number of nitrogens with one attached hydrogen (secondary N) is 1. The average Bonchev–Trinajstić information content (AvgIpc) is 2.85. The molecule has 0 unspecified atom stereocenters. The quantitative estimate of drug-likeness (QED) is 0.329. The number of nitriles is 1. The third-order valence-electron chi connectivity index (χ3n) is 4.71. The van der Waals surface area contributed by atoms with Gasteiger partial charge in [0.1, 0.15) is 35.5 Å². The normalized spacial score (nSPS) is 10.7. The lowest BCUT2D eigenvalue weighted by molar-refractivity contribution is 0.464. The number of aromatic nitrogens is 2. The molecule has 0 amide bonds. The lowest BCUT2D eigenvalue weighted by Crippen LogP contribution is -2.13. The van der Waals surface area contributed by atoms with Crippen molar-refractivity contribution in [1.82, 2.24) is 9.97 Å². The van der Waals surface area contributed by atoms with Gasteiger partial charge in [0.25, 0.3) is 10.0 Å². The number of anilines is 2. The van der Waals surface area contributed by atoms with Crippen LogP contribution in [0.4, 0.5) is 11.5 Å². The zero-order valence-electron chi connectivity index (χ0n) is 18.3. The number of nitrogen functional groups attached to an aromatic ring is 1. The van der Waals surface area contributed by atoms with E-state index in [9.17, 15) is 8.42 Å². The maximum atomic E-state index is 12.1. The van der Waals surface area contributed by atoms with Gasteiger partial charge in [-0.25, -0.2) is 18.4 Å². The Morgan fingerprint density at radius 3 is 2.31 bits per heavy atom. The standard InChI is InChI=1S/C25H19N5O4S/c1-17(15-26)35(31,32)30-19-6-5-9-22(14-19)34-25-23(24(27)28-16-29-25)18-10-12-21(13-11-18)33-20-7-3-2-4-8-20/h2-14,16,30H,1H2,(H2,27,28,29). The van der Waals surface area contributed by atoms with Crippen LogP contribution >= 0.6 is 0 Å². The van der Waals surface area contributed by atoms with Crippen molar-refractivity contribution in [2.24, 2.45) is 0 Å². The second-order valence-electron chi connectivity index (χ2n) is 7.15. The first-order valence-electron chi connectivity index (χ1n) is 10.2. The van der Waals surface area contributed by atoms with Crippen molar-refractivity contribution in [1.29, 1.82) is 5.26 Å². The molecule has 0 saturated heterocycles. The minimum absolute atomic E-state index is 0.177. The fraction of sp³-hybridized carbons (Fsp3) is 0. The van der Waals surface area contributed by atoms with Gasteiger partial charge >= 0.3 is 0 Å². The van der Waals surface area contributed by atoms with E-state index in [2.05, 4.69) is 21.3 Å². The molecule has 0 spiro atoms. The summed E-state index contributed by atoms with van der Waals surface area (Å²) >= 11 is 0. The average molecular weight is 486 g/mol. The molecule has 0 saturated carbocycles. The van der Waals surface area contributed by atoms with E-state index in [1.165, 1.54) is 24.5 Å². The van der Waals surface area contributed by atoms with Crippen molar-refractivity contribution >= 4 is 21.5 Å². The topological polar surface area (TPSA) is 140 Å². The van der Waals surface area contributed by atoms with Crippen LogP contribution in [0.1, 0.15) is 0 Å². The Balaban J connectivity index is 1.59. The van der Waals surface area contributed by atoms with Crippen LogP contribution in [0.3, 0.4) is 0 Å². The Hall–Kier alpha value is -4.88. The van der Waals surface area contributed by atoms with E-state index in [4.69, 9.17) is 20.5 Å². The number of para-hydroxylation sites is 1. The van der Waals surface area contributed by atoms with E-state index < -0.39 is 14.9 Å². The van der Waals surface area contributed by atoms with Crippen molar-refractivity contribution in [3.63, 3.8) is 0 Å². The van der Waals surface area contributed by atoms with Crippen molar-refractivity contribution in [3.05, 3.63) is 96.7 Å². The smallest absolute Gasteiger partial charge is 0.271 e. The van der Waals surface area contributed by atoms with Gasteiger partial charge in [-0.05, 0) is 42.0 Å². The number of sulfonamides is 1. The summed E-state index contributed by atoms with van der Waals surface area (Å²) in [6.07, 6.45) is 1.27. The molecule has 0 atom stereocenters. The molecule has 1 aromatic heterocycles. The Morgan fingerprint density at radius 1 is 0.914 bits per heavy atom. The van der Waals surface area contributed by atoms with Crippen molar-refractivity contribution < 1.29 is 17.9 Å². The van der Waals surface area contributed by atoms with Gasteiger partial charge in [0, 0.05) is 6.07 Å². The largest absolute Gasteiger partial charge is 0.457 e. The first-order valence-corrected chi connectivity index (χ1v) is 11.7. The second kappa shape index (κ2) is 9.94. The molecule has 4 rings (SSSR count). The van der Waals surface area contributed by atoms with Crippen molar-refractivity contribution in [2.45, 2.75) is 0 Å². The molecular formula is C25H19N5O4S. The number of nitrogens with zero attached hydrogens (tertiary/aromatic N) is 3. The van der Waals surface area contributed by atoms with Gasteiger partial charge in [0.2, 0.25) is 5.88 Å². The number of nitrogens with two attached hydrogens (primary N) is 1. The fourth-order valence-corrected chi connectivity index (χ4v) is 3.74. The lowest BCUT2D eigenvalue weighted by atomic mass is 10.1. The van der Waals surface area contributed by atoms with Gasteiger partial charge in [-0.15, -0.1) is 0 Å². The summed E-state index contributed by atoms with van der Waals surface area (Å²) in [5.41, 5.74) is 7.48. The molecule has 35 heavy (non-hydrogen) atoms. The second-order valence-corrected chi connectivity index (χ2v) is 8.85.